The largest absolute Gasteiger partial charge is 0.406 e. The molecule has 1 aliphatic heterocycles. The van der Waals surface area contributed by atoms with Crippen LogP contribution >= 0.6 is 0 Å². The lowest BCUT2D eigenvalue weighted by molar-refractivity contribution is -0.121. The van der Waals surface area contributed by atoms with E-state index in [0.29, 0.717) is 24.7 Å². The molecule has 0 radical (unpaired) electrons. The lowest BCUT2D eigenvalue weighted by Crippen LogP contribution is -2.31. The standard InChI is InChI=1S/C25H30N4O2/c1-19-11-13-21(14-12-19)18-23(30)26-22(17-20-9-5-4-6-10-20)24-27-28-25(31-24)29-15-7-2-3-8-16-29/h4-6,9-14,22H,2-3,7-8,15-18H2,1H3,(H,26,30). The number of nitrogens with one attached hydrogen (secondary N) is 1. The summed E-state index contributed by atoms with van der Waals surface area (Å²) in [5.74, 6) is 0.402. The molecule has 0 spiro atoms. The predicted octanol–water partition coefficient (Wildman–Crippen LogP) is 4.40. The van der Waals surface area contributed by atoms with Crippen LogP contribution in [0, 0.1) is 6.92 Å². The van der Waals surface area contributed by atoms with Crippen molar-refractivity contribution < 1.29 is 9.21 Å². The van der Waals surface area contributed by atoms with E-state index in [1.807, 2.05) is 61.5 Å². The summed E-state index contributed by atoms with van der Waals surface area (Å²) in [6.45, 7) is 3.91. The fourth-order valence-electron chi connectivity index (χ4n) is 3.94. The van der Waals surface area contributed by atoms with E-state index in [1.165, 1.54) is 18.4 Å². The second-order valence-corrected chi connectivity index (χ2v) is 8.30. The Hall–Kier alpha value is -3.15. The van der Waals surface area contributed by atoms with E-state index in [-0.39, 0.29) is 11.9 Å². The van der Waals surface area contributed by atoms with Crippen molar-refractivity contribution >= 4 is 11.9 Å². The van der Waals surface area contributed by atoms with Crippen LogP contribution in [0.25, 0.3) is 0 Å². The molecule has 1 saturated heterocycles. The van der Waals surface area contributed by atoms with Gasteiger partial charge in [0.1, 0.15) is 6.04 Å². The van der Waals surface area contributed by atoms with Gasteiger partial charge < -0.3 is 14.6 Å². The molecule has 0 bridgehead atoms. The van der Waals surface area contributed by atoms with Crippen LogP contribution in [0.3, 0.4) is 0 Å². The van der Waals surface area contributed by atoms with Crippen LogP contribution < -0.4 is 10.2 Å². The van der Waals surface area contributed by atoms with E-state index >= 15 is 0 Å². The number of aryl methyl sites for hydroxylation is 1. The summed E-state index contributed by atoms with van der Waals surface area (Å²) in [6.07, 6.45) is 5.67. The molecule has 6 nitrogen and oxygen atoms in total. The maximum absolute atomic E-state index is 12.8. The molecular formula is C25H30N4O2. The number of hydrogen-bond donors (Lipinski definition) is 1. The average molecular weight is 419 g/mol. The fourth-order valence-corrected chi connectivity index (χ4v) is 3.94. The first kappa shape index (κ1) is 21.1. The number of carbonyl (C=O) groups excluding carboxylic acids is 1. The van der Waals surface area contributed by atoms with Crippen molar-refractivity contribution in [3.8, 4) is 0 Å². The number of amides is 1. The number of carbonyl (C=O) groups is 1. The minimum absolute atomic E-state index is 0.0562. The molecule has 1 unspecified atom stereocenters. The van der Waals surface area contributed by atoms with Crippen LogP contribution in [0.15, 0.2) is 59.0 Å². The first-order chi connectivity index (χ1) is 15.2. The number of hydrogen-bond acceptors (Lipinski definition) is 5. The summed E-state index contributed by atoms with van der Waals surface area (Å²) in [5, 5.41) is 11.7. The van der Waals surface area contributed by atoms with Crippen molar-refractivity contribution in [3.63, 3.8) is 0 Å². The zero-order chi connectivity index (χ0) is 21.5. The SMILES string of the molecule is Cc1ccc(CC(=O)NC(Cc2ccccc2)c2nnc(N3CCCCCC3)o2)cc1. The summed E-state index contributed by atoms with van der Waals surface area (Å²) in [6, 6.07) is 18.3. The Kier molecular flexibility index (Phi) is 6.97. The quantitative estimate of drug-likeness (QED) is 0.616. The van der Waals surface area contributed by atoms with E-state index in [4.69, 9.17) is 4.42 Å². The van der Waals surface area contributed by atoms with Gasteiger partial charge in [-0.3, -0.25) is 4.79 Å². The van der Waals surface area contributed by atoms with Gasteiger partial charge in [0, 0.05) is 19.5 Å². The van der Waals surface area contributed by atoms with Gasteiger partial charge in [0.25, 0.3) is 0 Å². The Bertz CT molecular complexity index is 961. The zero-order valence-electron chi connectivity index (χ0n) is 18.1. The molecule has 6 heteroatoms. The number of benzene rings is 2. The van der Waals surface area contributed by atoms with Crippen molar-refractivity contribution in [1.29, 1.82) is 0 Å². The molecule has 1 N–H and O–H groups in total. The van der Waals surface area contributed by atoms with Gasteiger partial charge >= 0.3 is 6.01 Å². The van der Waals surface area contributed by atoms with Gasteiger partial charge in [0.15, 0.2) is 0 Å². The van der Waals surface area contributed by atoms with Crippen LogP contribution in [0.1, 0.15) is 54.3 Å². The van der Waals surface area contributed by atoms with Gasteiger partial charge in [-0.15, -0.1) is 5.10 Å². The average Bonchev–Trinajstić information content (AvgIpc) is 3.11. The van der Waals surface area contributed by atoms with E-state index in [1.54, 1.807) is 0 Å². The van der Waals surface area contributed by atoms with Crippen LogP contribution in [0.4, 0.5) is 6.01 Å². The first-order valence-corrected chi connectivity index (χ1v) is 11.1. The van der Waals surface area contributed by atoms with Crippen molar-refractivity contribution in [3.05, 3.63) is 77.2 Å². The maximum Gasteiger partial charge on any atom is 0.318 e. The highest BCUT2D eigenvalue weighted by Crippen LogP contribution is 2.23. The lowest BCUT2D eigenvalue weighted by Gasteiger charge is -2.18. The number of anilines is 1. The summed E-state index contributed by atoms with van der Waals surface area (Å²) in [7, 11) is 0. The second kappa shape index (κ2) is 10.2. The summed E-state index contributed by atoms with van der Waals surface area (Å²) in [4.78, 5) is 15.0. The van der Waals surface area contributed by atoms with Gasteiger partial charge in [-0.05, 0) is 30.9 Å². The molecule has 1 fully saturated rings. The maximum atomic E-state index is 12.8. The minimum atomic E-state index is -0.367. The highest BCUT2D eigenvalue weighted by atomic mass is 16.4. The molecule has 3 aromatic rings. The van der Waals surface area contributed by atoms with E-state index in [0.717, 1.165) is 37.1 Å². The van der Waals surface area contributed by atoms with Gasteiger partial charge in [0.05, 0.1) is 6.42 Å². The Balaban J connectivity index is 1.50. The van der Waals surface area contributed by atoms with Crippen molar-refractivity contribution in [2.75, 3.05) is 18.0 Å². The monoisotopic (exact) mass is 418 g/mol. The number of nitrogens with zero attached hydrogens (tertiary/aromatic N) is 3. The molecule has 2 aromatic carbocycles. The third-order valence-corrected chi connectivity index (χ3v) is 5.71. The molecule has 2 heterocycles. The predicted molar refractivity (Wildman–Crippen MR) is 121 cm³/mol. The Morgan fingerprint density at radius 3 is 2.39 bits per heavy atom. The van der Waals surface area contributed by atoms with Crippen LogP contribution in [-0.2, 0) is 17.6 Å². The van der Waals surface area contributed by atoms with Crippen molar-refractivity contribution in [2.24, 2.45) is 0 Å². The topological polar surface area (TPSA) is 71.3 Å². The van der Waals surface area contributed by atoms with Crippen LogP contribution in [0.2, 0.25) is 0 Å². The zero-order valence-corrected chi connectivity index (χ0v) is 18.1. The van der Waals surface area contributed by atoms with E-state index in [9.17, 15) is 4.79 Å². The highest BCUT2D eigenvalue weighted by molar-refractivity contribution is 5.79. The van der Waals surface area contributed by atoms with Crippen LogP contribution in [0.5, 0.6) is 0 Å². The van der Waals surface area contributed by atoms with E-state index < -0.39 is 0 Å². The molecule has 31 heavy (non-hydrogen) atoms. The van der Waals surface area contributed by atoms with E-state index in [2.05, 4.69) is 20.4 Å². The van der Waals surface area contributed by atoms with Crippen molar-refractivity contribution in [2.45, 2.75) is 51.5 Å². The lowest BCUT2D eigenvalue weighted by atomic mass is 10.0. The molecule has 1 aromatic heterocycles. The second-order valence-electron chi connectivity index (χ2n) is 8.30. The van der Waals surface area contributed by atoms with Gasteiger partial charge in [-0.25, -0.2) is 0 Å². The molecule has 1 aliphatic rings. The fraction of sp³-hybridized carbons (Fsp3) is 0.400. The number of rotatable bonds is 7. The van der Waals surface area contributed by atoms with Gasteiger partial charge in [0.2, 0.25) is 11.8 Å². The molecule has 0 saturated carbocycles. The number of aromatic nitrogens is 2. The minimum Gasteiger partial charge on any atom is -0.406 e. The van der Waals surface area contributed by atoms with Crippen LogP contribution in [-0.4, -0.2) is 29.2 Å². The summed E-state index contributed by atoms with van der Waals surface area (Å²) < 4.78 is 6.07. The molecule has 162 valence electrons. The first-order valence-electron chi connectivity index (χ1n) is 11.1. The normalized spacial score (nSPS) is 15.3. The van der Waals surface area contributed by atoms with Crippen molar-refractivity contribution in [1.82, 2.24) is 15.5 Å². The summed E-state index contributed by atoms with van der Waals surface area (Å²) >= 11 is 0. The third-order valence-electron chi connectivity index (χ3n) is 5.71. The van der Waals surface area contributed by atoms with Gasteiger partial charge in [-0.2, -0.15) is 0 Å². The Labute approximate surface area is 183 Å². The third kappa shape index (κ3) is 5.94. The molecular weight excluding hydrogens is 388 g/mol. The van der Waals surface area contributed by atoms with Gasteiger partial charge in [-0.1, -0.05) is 78.1 Å². The Morgan fingerprint density at radius 2 is 1.68 bits per heavy atom. The highest BCUT2D eigenvalue weighted by Gasteiger charge is 2.24. The smallest absolute Gasteiger partial charge is 0.318 e. The Morgan fingerprint density at radius 1 is 0.968 bits per heavy atom. The molecule has 1 atom stereocenters. The summed E-state index contributed by atoms with van der Waals surface area (Å²) in [5.41, 5.74) is 3.27. The molecule has 1 amide bonds. The molecule has 4 rings (SSSR count). The molecule has 0 aliphatic carbocycles.